The molecule has 0 bridgehead atoms. The van der Waals surface area contributed by atoms with Gasteiger partial charge in [-0.05, 0) is 30.7 Å². The van der Waals surface area contributed by atoms with Gasteiger partial charge in [-0.2, -0.15) is 0 Å². The van der Waals surface area contributed by atoms with E-state index in [1.807, 2.05) is 12.1 Å². The first-order valence-corrected chi connectivity index (χ1v) is 5.26. The lowest BCUT2D eigenvalue weighted by Gasteiger charge is -2.18. The summed E-state index contributed by atoms with van der Waals surface area (Å²) in [6, 6.07) is 7.38. The smallest absolute Gasteiger partial charge is 0.248 e. The van der Waals surface area contributed by atoms with E-state index in [9.17, 15) is 4.79 Å². The largest absolute Gasteiger partial charge is 0.375 e. The van der Waals surface area contributed by atoms with Crippen LogP contribution in [0.15, 0.2) is 24.3 Å². The molecule has 0 spiro atoms. The molecule has 0 aromatic heterocycles. The highest BCUT2D eigenvalue weighted by Crippen LogP contribution is 2.14. The number of primary amides is 1. The Morgan fingerprint density at radius 2 is 2.00 bits per heavy atom. The van der Waals surface area contributed by atoms with Crippen LogP contribution in [-0.2, 0) is 0 Å². The fourth-order valence-corrected chi connectivity index (χ4v) is 1.40. The van der Waals surface area contributed by atoms with Crippen molar-refractivity contribution >= 4 is 11.6 Å². The van der Waals surface area contributed by atoms with Gasteiger partial charge in [0.05, 0.1) is 0 Å². The quantitative estimate of drug-likeness (QED) is 0.806. The molecule has 0 saturated carbocycles. The molecular formula is C12H20N2O. The molecule has 0 fully saturated rings. The van der Waals surface area contributed by atoms with Crippen molar-refractivity contribution in [3.63, 3.8) is 0 Å². The average molecular weight is 208 g/mol. The zero-order valence-corrected chi connectivity index (χ0v) is 9.36. The van der Waals surface area contributed by atoms with Gasteiger partial charge in [-0.1, -0.05) is 13.3 Å². The van der Waals surface area contributed by atoms with Gasteiger partial charge in [0.2, 0.25) is 5.91 Å². The van der Waals surface area contributed by atoms with Crippen LogP contribution in [0.1, 0.15) is 31.6 Å². The van der Waals surface area contributed by atoms with E-state index in [2.05, 4.69) is 18.9 Å². The van der Waals surface area contributed by atoms with Crippen molar-refractivity contribution in [3.8, 4) is 0 Å². The lowest BCUT2D eigenvalue weighted by molar-refractivity contribution is 0.100. The van der Waals surface area contributed by atoms with Crippen molar-refractivity contribution < 1.29 is 6.22 Å². The van der Waals surface area contributed by atoms with Gasteiger partial charge in [0.15, 0.2) is 0 Å². The van der Waals surface area contributed by atoms with Crippen molar-refractivity contribution in [2.75, 3.05) is 18.5 Å². The normalized spacial score (nSPS) is 10.0. The number of amides is 1. The number of hydrogen-bond acceptors (Lipinski definition) is 2. The van der Waals surface area contributed by atoms with Gasteiger partial charge in [0.25, 0.3) is 0 Å². The number of anilines is 1. The van der Waals surface area contributed by atoms with Crippen LogP contribution in [0.3, 0.4) is 0 Å². The maximum absolute atomic E-state index is 10.9. The molecule has 0 unspecified atom stereocenters. The highest BCUT2D eigenvalue weighted by molar-refractivity contribution is 5.93. The zero-order valence-electron chi connectivity index (χ0n) is 9.36. The Balaban J connectivity index is 0.00000225. The lowest BCUT2D eigenvalue weighted by Crippen LogP contribution is -2.18. The van der Waals surface area contributed by atoms with E-state index >= 15 is 0 Å². The van der Waals surface area contributed by atoms with Crippen LogP contribution in [0.4, 0.5) is 5.69 Å². The molecule has 0 saturated heterocycles. The van der Waals surface area contributed by atoms with Crippen LogP contribution in [0.25, 0.3) is 0 Å². The van der Waals surface area contributed by atoms with Gasteiger partial charge >= 0.3 is 0 Å². The monoisotopic (exact) mass is 208 g/mol. The van der Waals surface area contributed by atoms with E-state index in [-0.39, 0.29) is 7.33 Å². The summed E-state index contributed by atoms with van der Waals surface area (Å²) in [6.45, 7) is 3.20. The highest BCUT2D eigenvalue weighted by Gasteiger charge is 2.02. The molecule has 1 aromatic carbocycles. The Morgan fingerprint density at radius 1 is 1.40 bits per heavy atom. The van der Waals surface area contributed by atoms with Gasteiger partial charge in [-0.3, -0.25) is 4.79 Å². The number of carbonyl (C=O) groups is 1. The Hall–Kier alpha value is -1.51. The maximum Gasteiger partial charge on any atom is 0.248 e. The number of nitrogens with two attached hydrogens (primary N) is 1. The SMILES string of the molecule is CCCCN(C)c1ccc(C(N)=O)cc1.[HH]. The highest BCUT2D eigenvalue weighted by atomic mass is 16.1. The Bertz CT molecular complexity index is 324. The molecule has 2 N–H and O–H groups in total. The molecule has 1 rings (SSSR count). The van der Waals surface area contributed by atoms with Crippen molar-refractivity contribution in [1.82, 2.24) is 0 Å². The van der Waals surface area contributed by atoms with Crippen molar-refractivity contribution in [3.05, 3.63) is 29.8 Å². The number of rotatable bonds is 5. The first-order valence-electron chi connectivity index (χ1n) is 5.26. The molecule has 1 amide bonds. The molecule has 0 atom stereocenters. The maximum atomic E-state index is 10.9. The first kappa shape index (κ1) is 11.6. The third kappa shape index (κ3) is 3.27. The summed E-state index contributed by atoms with van der Waals surface area (Å²) in [5.74, 6) is -0.377. The Morgan fingerprint density at radius 3 is 2.47 bits per heavy atom. The van der Waals surface area contributed by atoms with Gasteiger partial charge < -0.3 is 10.6 Å². The van der Waals surface area contributed by atoms with Crippen LogP contribution in [0.2, 0.25) is 0 Å². The summed E-state index contributed by atoms with van der Waals surface area (Å²) in [6.07, 6.45) is 2.36. The van der Waals surface area contributed by atoms with Gasteiger partial charge in [-0.25, -0.2) is 0 Å². The van der Waals surface area contributed by atoms with Gasteiger partial charge in [0.1, 0.15) is 0 Å². The minimum absolute atomic E-state index is 0. The zero-order chi connectivity index (χ0) is 11.3. The van der Waals surface area contributed by atoms with E-state index in [1.54, 1.807) is 12.1 Å². The Labute approximate surface area is 92.4 Å². The molecule has 3 heteroatoms. The molecule has 0 aliphatic heterocycles. The number of nitrogens with zero attached hydrogens (tertiary/aromatic N) is 1. The molecule has 0 heterocycles. The summed E-state index contributed by atoms with van der Waals surface area (Å²) in [5.41, 5.74) is 6.84. The van der Waals surface area contributed by atoms with E-state index in [1.165, 1.54) is 12.8 Å². The predicted octanol–water partition coefficient (Wildman–Crippen LogP) is 2.27. The van der Waals surface area contributed by atoms with Crippen LogP contribution < -0.4 is 10.6 Å². The third-order valence-corrected chi connectivity index (χ3v) is 2.44. The van der Waals surface area contributed by atoms with Crippen LogP contribution in [-0.4, -0.2) is 19.5 Å². The van der Waals surface area contributed by atoms with E-state index in [4.69, 9.17) is 5.73 Å². The third-order valence-electron chi connectivity index (χ3n) is 2.44. The summed E-state index contributed by atoms with van der Waals surface area (Å²) in [7, 11) is 2.05. The second kappa shape index (κ2) is 5.39. The molecule has 15 heavy (non-hydrogen) atoms. The molecule has 84 valence electrons. The van der Waals surface area contributed by atoms with E-state index in [0.29, 0.717) is 5.56 Å². The fraction of sp³-hybridized carbons (Fsp3) is 0.417. The van der Waals surface area contributed by atoms with Crippen molar-refractivity contribution in [1.29, 1.82) is 0 Å². The number of benzene rings is 1. The van der Waals surface area contributed by atoms with Crippen LogP contribution >= 0.6 is 0 Å². The second-order valence-corrected chi connectivity index (χ2v) is 3.69. The Kier molecular flexibility index (Phi) is 4.16. The molecule has 0 aliphatic carbocycles. The summed E-state index contributed by atoms with van der Waals surface area (Å²) >= 11 is 0. The average Bonchev–Trinajstić information content (AvgIpc) is 2.26. The summed E-state index contributed by atoms with van der Waals surface area (Å²) in [5, 5.41) is 0. The first-order chi connectivity index (χ1) is 7.15. The molecule has 0 aliphatic rings. The van der Waals surface area contributed by atoms with Crippen LogP contribution in [0.5, 0.6) is 0 Å². The lowest BCUT2D eigenvalue weighted by atomic mass is 10.2. The molecular weight excluding hydrogens is 188 g/mol. The van der Waals surface area contributed by atoms with E-state index < -0.39 is 0 Å². The molecule has 0 radical (unpaired) electrons. The van der Waals surface area contributed by atoms with Gasteiger partial charge in [-0.15, -0.1) is 0 Å². The second-order valence-electron chi connectivity index (χ2n) is 3.69. The minimum Gasteiger partial charge on any atom is -0.375 e. The number of carbonyl (C=O) groups excluding carboxylic acids is 1. The van der Waals surface area contributed by atoms with Crippen molar-refractivity contribution in [2.45, 2.75) is 19.8 Å². The summed E-state index contributed by atoms with van der Waals surface area (Å²) in [4.78, 5) is 13.0. The number of unbranched alkanes of at least 4 members (excludes halogenated alkanes) is 1. The topological polar surface area (TPSA) is 46.3 Å². The van der Waals surface area contributed by atoms with Crippen LogP contribution in [0, 0.1) is 0 Å². The molecule has 3 nitrogen and oxygen atoms in total. The van der Waals surface area contributed by atoms with Crippen molar-refractivity contribution in [2.24, 2.45) is 5.73 Å². The standard InChI is InChI=1S/C12H18N2O.H2/c1-3-4-9-14(2)11-7-5-10(6-8-11)12(13)15;/h5-8H,3-4,9H2,1-2H3,(H2,13,15);1H. The van der Waals surface area contributed by atoms with E-state index in [0.717, 1.165) is 12.2 Å². The predicted molar refractivity (Wildman–Crippen MR) is 65.3 cm³/mol. The summed E-state index contributed by atoms with van der Waals surface area (Å²) < 4.78 is 0. The minimum atomic E-state index is -0.377. The molecule has 1 aromatic rings. The van der Waals surface area contributed by atoms with Gasteiger partial charge in [0, 0.05) is 26.3 Å². The fourth-order valence-electron chi connectivity index (χ4n) is 1.40. The number of hydrogen-bond donors (Lipinski definition) is 1.